The van der Waals surface area contributed by atoms with Crippen molar-refractivity contribution in [2.75, 3.05) is 4.90 Å². The van der Waals surface area contributed by atoms with Crippen molar-refractivity contribution >= 4 is 111 Å². The Balaban J connectivity index is 1.11. The fraction of sp³-hybridized carbons (Fsp3) is 0. The Morgan fingerprint density at radius 3 is 1.36 bits per heavy atom. The molecular weight excluding hydrogens is 928 g/mol. The molecule has 0 amide bonds. The van der Waals surface area contributed by atoms with Crippen LogP contribution in [0.15, 0.2) is 273 Å². The Morgan fingerprint density at radius 2 is 0.766 bits per heavy atom. The molecule has 77 heavy (non-hydrogen) atoms. The summed E-state index contributed by atoms with van der Waals surface area (Å²) in [6.07, 6.45) is 0. The molecule has 14 aromatic carbocycles. The molecule has 0 radical (unpaired) electrons. The first-order valence-electron chi connectivity index (χ1n) is 26.9. The quantitative estimate of drug-likeness (QED) is 0.123. The van der Waals surface area contributed by atoms with Crippen LogP contribution in [0.4, 0.5) is 17.1 Å². The molecule has 3 heterocycles. The maximum atomic E-state index is 2.76. The van der Waals surface area contributed by atoms with Gasteiger partial charge < -0.3 is 9.38 Å². The van der Waals surface area contributed by atoms with Gasteiger partial charge in [-0.15, -0.1) is 0 Å². The van der Waals surface area contributed by atoms with Crippen molar-refractivity contribution < 1.29 is 0 Å². The van der Waals surface area contributed by atoms with Gasteiger partial charge in [0.05, 0.1) is 0 Å². The number of aromatic nitrogens is 1. The van der Waals surface area contributed by atoms with Gasteiger partial charge in [0.15, 0.2) is 0 Å². The van der Waals surface area contributed by atoms with Gasteiger partial charge in [0.1, 0.15) is 0 Å². The second kappa shape index (κ2) is 16.3. The molecule has 15 aromatic rings. The Bertz CT molecular complexity index is 4910. The number of nitrogens with zero attached hydrogens (tertiary/aromatic N) is 2. The smallest absolute Gasteiger partial charge is 0.333 e. The lowest BCUT2D eigenvalue weighted by Crippen LogP contribution is -2.56. The van der Waals surface area contributed by atoms with Crippen LogP contribution in [0.3, 0.4) is 0 Å². The van der Waals surface area contributed by atoms with Crippen LogP contribution in [0.1, 0.15) is 0 Å². The summed E-state index contributed by atoms with van der Waals surface area (Å²) in [5.74, 6) is 0. The van der Waals surface area contributed by atoms with Crippen LogP contribution in [0.2, 0.25) is 0 Å². The molecule has 1 aromatic heterocycles. The number of hydrogen-bond acceptors (Lipinski definition) is 1. The first-order valence-corrected chi connectivity index (χ1v) is 26.9. The lowest BCUT2D eigenvalue weighted by molar-refractivity contribution is 1.26. The largest absolute Gasteiger partial charge is 0.375 e. The highest BCUT2D eigenvalue weighted by molar-refractivity contribution is 6.90. The predicted octanol–water partition coefficient (Wildman–Crippen LogP) is 18.6. The lowest BCUT2D eigenvalue weighted by atomic mass is 9.44. The number of benzene rings is 14. The van der Waals surface area contributed by atoms with Crippen molar-refractivity contribution in [1.29, 1.82) is 0 Å². The minimum Gasteiger partial charge on any atom is -0.375 e. The van der Waals surface area contributed by atoms with E-state index in [1.165, 1.54) is 154 Å². The van der Waals surface area contributed by atoms with Crippen molar-refractivity contribution in [1.82, 2.24) is 4.48 Å². The molecule has 17 rings (SSSR count). The van der Waals surface area contributed by atoms with Gasteiger partial charge in [0.25, 0.3) is 0 Å². The molecular formula is C74H45BN2. The molecule has 0 unspecified atom stereocenters. The molecule has 2 aliphatic heterocycles. The van der Waals surface area contributed by atoms with E-state index in [9.17, 15) is 0 Å². The zero-order valence-corrected chi connectivity index (χ0v) is 42.0. The molecule has 0 aliphatic carbocycles. The van der Waals surface area contributed by atoms with Crippen LogP contribution in [0.5, 0.6) is 0 Å². The van der Waals surface area contributed by atoms with Gasteiger partial charge in [-0.3, -0.25) is 0 Å². The Hall–Kier alpha value is -9.96. The maximum absolute atomic E-state index is 2.76. The maximum Gasteiger partial charge on any atom is 0.333 e. The Labute approximate surface area is 446 Å². The minimum atomic E-state index is -0.198. The third-order valence-electron chi connectivity index (χ3n) is 17.0. The average molecular weight is 973 g/mol. The molecule has 0 saturated heterocycles. The van der Waals surface area contributed by atoms with Crippen LogP contribution < -0.4 is 15.8 Å². The van der Waals surface area contributed by atoms with Gasteiger partial charge in [-0.2, -0.15) is 0 Å². The van der Waals surface area contributed by atoms with E-state index in [1.54, 1.807) is 0 Å². The highest BCUT2D eigenvalue weighted by atomic mass is 15.2. The molecule has 0 bridgehead atoms. The molecule has 354 valence electrons. The van der Waals surface area contributed by atoms with Crippen LogP contribution in [0.25, 0.3) is 131 Å². The number of anilines is 3. The molecule has 0 fully saturated rings. The summed E-state index contributed by atoms with van der Waals surface area (Å²) in [5, 5.41) is 15.1. The van der Waals surface area contributed by atoms with E-state index >= 15 is 0 Å². The van der Waals surface area contributed by atoms with Crippen molar-refractivity contribution in [2.45, 2.75) is 0 Å². The second-order valence-electron chi connectivity index (χ2n) is 21.0. The van der Waals surface area contributed by atoms with Gasteiger partial charge in [-0.05, 0) is 157 Å². The summed E-state index contributed by atoms with van der Waals surface area (Å²) in [7, 11) is 0. The topological polar surface area (TPSA) is 8.17 Å². The molecule has 2 nitrogen and oxygen atoms in total. The Kier molecular flexibility index (Phi) is 8.96. The van der Waals surface area contributed by atoms with Crippen LogP contribution >= 0.6 is 0 Å². The van der Waals surface area contributed by atoms with Crippen molar-refractivity contribution in [3.05, 3.63) is 273 Å². The molecule has 2 aliphatic rings. The van der Waals surface area contributed by atoms with Gasteiger partial charge in [0.2, 0.25) is 0 Å². The zero-order chi connectivity index (χ0) is 50.3. The standard InChI is InChI=1S/C74H45BN2/c1-5-21-46(22-6-1)53-39-54(47-23-7-2-8-24-47)41-55(40-53)76-66-45-62-61(68(49-26-9-3-10-27-49)59-35-19-20-36-60(59)69(62)50-28-11-4-12-29-50)44-64(66)75-73-67(76)43-52-31-15-17-33-57(52)70(73)63-42-51-30-14-18-34-58(51)72-71-56-32-16-13-25-48(56)37-38-65(71)77(75)74(63)72/h1-45H. The van der Waals surface area contributed by atoms with E-state index in [4.69, 9.17) is 0 Å². The van der Waals surface area contributed by atoms with Crippen molar-refractivity contribution in [3.63, 3.8) is 0 Å². The van der Waals surface area contributed by atoms with Gasteiger partial charge in [0, 0.05) is 44.4 Å². The SMILES string of the molecule is c1ccc(-c2cc(-c3ccccc3)cc(N3c4cc5c(-c6ccccc6)c6ccccc6c(-c6ccccc6)c5cc4B4c5c3cc3ccccc3c5-c3cc5ccccc5c5c6c7ccccc7ccc6n4c35)c2)cc1. The summed E-state index contributed by atoms with van der Waals surface area (Å²) in [5.41, 5.74) is 20.8. The van der Waals surface area contributed by atoms with Gasteiger partial charge in [-0.25, -0.2) is 0 Å². The fourth-order valence-electron chi connectivity index (χ4n) is 13.9. The minimum absolute atomic E-state index is 0.198. The molecule has 0 saturated carbocycles. The fourth-order valence-corrected chi connectivity index (χ4v) is 13.9. The lowest BCUT2D eigenvalue weighted by Gasteiger charge is -2.41. The van der Waals surface area contributed by atoms with Crippen molar-refractivity contribution in [2.24, 2.45) is 0 Å². The molecule has 3 heteroatoms. The summed E-state index contributed by atoms with van der Waals surface area (Å²) >= 11 is 0. The highest BCUT2D eigenvalue weighted by Crippen LogP contribution is 2.53. The summed E-state index contributed by atoms with van der Waals surface area (Å²) in [6, 6.07) is 103. The number of hydrogen-bond donors (Lipinski definition) is 0. The van der Waals surface area contributed by atoms with E-state index in [2.05, 4.69) is 282 Å². The highest BCUT2D eigenvalue weighted by Gasteiger charge is 2.44. The van der Waals surface area contributed by atoms with Crippen molar-refractivity contribution in [3.8, 4) is 55.6 Å². The summed E-state index contributed by atoms with van der Waals surface area (Å²) in [6.45, 7) is -0.198. The molecule has 0 N–H and O–H groups in total. The monoisotopic (exact) mass is 972 g/mol. The normalized spacial score (nSPS) is 12.6. The third kappa shape index (κ3) is 6.08. The Morgan fingerprint density at radius 1 is 0.286 bits per heavy atom. The summed E-state index contributed by atoms with van der Waals surface area (Å²) < 4.78 is 2.76. The van der Waals surface area contributed by atoms with Gasteiger partial charge in [-0.1, -0.05) is 231 Å². The number of fused-ring (bicyclic) bond motifs is 15. The molecule has 0 spiro atoms. The van der Waals surface area contributed by atoms with E-state index in [-0.39, 0.29) is 6.85 Å². The first-order chi connectivity index (χ1) is 38.2. The zero-order valence-electron chi connectivity index (χ0n) is 42.0. The second-order valence-corrected chi connectivity index (χ2v) is 21.0. The third-order valence-corrected chi connectivity index (χ3v) is 17.0. The number of rotatable bonds is 5. The first kappa shape index (κ1) is 42.4. The summed E-state index contributed by atoms with van der Waals surface area (Å²) in [4.78, 5) is 2.64. The van der Waals surface area contributed by atoms with E-state index in [0.717, 1.165) is 5.69 Å². The van der Waals surface area contributed by atoms with E-state index in [1.807, 2.05) is 0 Å². The van der Waals surface area contributed by atoms with Crippen LogP contribution in [-0.4, -0.2) is 11.3 Å². The molecule has 0 atom stereocenters. The predicted molar refractivity (Wildman–Crippen MR) is 329 cm³/mol. The van der Waals surface area contributed by atoms with Crippen LogP contribution in [-0.2, 0) is 0 Å². The van der Waals surface area contributed by atoms with Gasteiger partial charge >= 0.3 is 6.85 Å². The van der Waals surface area contributed by atoms with Crippen LogP contribution in [0, 0.1) is 0 Å². The van der Waals surface area contributed by atoms with E-state index < -0.39 is 0 Å². The van der Waals surface area contributed by atoms with E-state index in [0.29, 0.717) is 0 Å². The average Bonchev–Trinajstić information content (AvgIpc) is 4.01.